The van der Waals surface area contributed by atoms with Crippen LogP contribution < -0.4 is 4.74 Å². The van der Waals surface area contributed by atoms with Crippen LogP contribution in [0.4, 0.5) is 0 Å². The minimum atomic E-state index is -4.72. The van der Waals surface area contributed by atoms with Crippen molar-refractivity contribution in [2.24, 2.45) is 28.1 Å². The van der Waals surface area contributed by atoms with Crippen molar-refractivity contribution in [2.75, 3.05) is 21.3 Å². The largest absolute Gasteiger partial charge is 0.469 e. The summed E-state index contributed by atoms with van der Waals surface area (Å²) in [7, 11) is 0.160. The summed E-state index contributed by atoms with van der Waals surface area (Å²) in [6.45, 7) is 22.5. The number of rotatable bonds is 13. The molecule has 0 saturated heterocycles. The third kappa shape index (κ3) is 10.5. The fourth-order valence-electron chi connectivity index (χ4n) is 6.90. The highest BCUT2D eigenvalue weighted by Crippen LogP contribution is 2.45. The Kier molecular flexibility index (Phi) is 13.4. The third-order valence-corrected chi connectivity index (χ3v) is 10.6. The summed E-state index contributed by atoms with van der Waals surface area (Å²) in [5, 5.41) is 0. The van der Waals surface area contributed by atoms with E-state index in [-0.39, 0.29) is 33.0 Å². The zero-order valence-corrected chi connectivity index (χ0v) is 35.5. The average molecular weight is 767 g/mol. The van der Waals surface area contributed by atoms with Crippen LogP contribution in [-0.2, 0) is 33.8 Å². The molecule has 5 atom stereocenters. The van der Waals surface area contributed by atoms with E-state index in [4.69, 9.17) is 28.4 Å². The molecule has 0 radical (unpaired) electrons. The Hall–Kier alpha value is -3.41. The highest BCUT2D eigenvalue weighted by molar-refractivity contribution is 7.86. The molecule has 0 amide bonds. The van der Waals surface area contributed by atoms with Crippen LogP contribution in [0.1, 0.15) is 100 Å². The van der Waals surface area contributed by atoms with E-state index in [1.165, 1.54) is 0 Å². The Morgan fingerprint density at radius 1 is 0.593 bits per heavy atom. The molecule has 9 nitrogen and oxygen atoms in total. The van der Waals surface area contributed by atoms with Crippen molar-refractivity contribution in [3.05, 3.63) is 83.3 Å². The van der Waals surface area contributed by atoms with Gasteiger partial charge in [0.15, 0.2) is 0 Å². The highest BCUT2D eigenvalue weighted by atomic mass is 32.2. The van der Waals surface area contributed by atoms with Gasteiger partial charge < -0.3 is 28.4 Å². The summed E-state index contributed by atoms with van der Waals surface area (Å²) in [5.41, 5.74) is 3.29. The Balaban J connectivity index is 1.92. The summed E-state index contributed by atoms with van der Waals surface area (Å²) >= 11 is 0. The molecule has 1 N–H and O–H groups in total. The molecule has 0 heterocycles. The molecule has 2 aliphatic rings. The first-order valence-electron chi connectivity index (χ1n) is 18.6. The van der Waals surface area contributed by atoms with Crippen molar-refractivity contribution < 1.29 is 41.4 Å². The lowest BCUT2D eigenvalue weighted by Crippen LogP contribution is -2.33. The van der Waals surface area contributed by atoms with Gasteiger partial charge >= 0.3 is 0 Å². The quantitative estimate of drug-likeness (QED) is 0.157. The van der Waals surface area contributed by atoms with Gasteiger partial charge in [0.2, 0.25) is 18.9 Å². The highest BCUT2D eigenvalue weighted by Gasteiger charge is 2.34. The number of hydrogen-bond acceptors (Lipinski definition) is 8. The molecule has 2 aliphatic carbocycles. The van der Waals surface area contributed by atoms with Gasteiger partial charge in [0.05, 0.1) is 0 Å². The Labute approximate surface area is 324 Å². The van der Waals surface area contributed by atoms with Crippen molar-refractivity contribution in [1.29, 1.82) is 0 Å². The van der Waals surface area contributed by atoms with E-state index in [0.717, 1.165) is 33.8 Å². The molecule has 0 aromatic heterocycles. The van der Waals surface area contributed by atoms with E-state index >= 15 is 0 Å². The van der Waals surface area contributed by atoms with Gasteiger partial charge in [-0.05, 0) is 70.5 Å². The van der Waals surface area contributed by atoms with Crippen LogP contribution in [-0.4, -0.2) is 53.2 Å². The van der Waals surface area contributed by atoms with Gasteiger partial charge in [-0.15, -0.1) is 0 Å². The fourth-order valence-corrected chi connectivity index (χ4v) is 7.81. The lowest BCUT2D eigenvalue weighted by molar-refractivity contribution is -0.157. The van der Waals surface area contributed by atoms with E-state index in [1.54, 1.807) is 21.3 Å². The first-order chi connectivity index (χ1) is 25.0. The minimum Gasteiger partial charge on any atom is -0.469 e. The Morgan fingerprint density at radius 3 is 1.28 bits per heavy atom. The van der Waals surface area contributed by atoms with Crippen LogP contribution >= 0.6 is 0 Å². The summed E-state index contributed by atoms with van der Waals surface area (Å²) in [5.74, 6) is 1.83. The van der Waals surface area contributed by atoms with E-state index in [9.17, 15) is 13.0 Å². The molecular formula is C44H62O9S. The summed E-state index contributed by atoms with van der Waals surface area (Å²) < 4.78 is 73.8. The Bertz CT molecular complexity index is 1780. The lowest BCUT2D eigenvalue weighted by Gasteiger charge is -2.33. The second kappa shape index (κ2) is 16.8. The van der Waals surface area contributed by atoms with Crippen LogP contribution in [0.3, 0.4) is 0 Å². The van der Waals surface area contributed by atoms with E-state index in [2.05, 4.69) is 0 Å². The van der Waals surface area contributed by atoms with Crippen LogP contribution in [0.5, 0.6) is 5.75 Å². The van der Waals surface area contributed by atoms with Gasteiger partial charge in [-0.3, -0.25) is 4.55 Å². The minimum absolute atomic E-state index is 0.125. The van der Waals surface area contributed by atoms with E-state index in [1.807, 2.05) is 137 Å². The van der Waals surface area contributed by atoms with Gasteiger partial charge in [0.1, 0.15) is 22.2 Å². The number of benzene rings is 2. The topological polar surface area (TPSA) is 110 Å². The molecular weight excluding hydrogens is 705 g/mol. The summed E-state index contributed by atoms with van der Waals surface area (Å²) in [6, 6.07) is 11.4. The molecule has 54 heavy (non-hydrogen) atoms. The van der Waals surface area contributed by atoms with Crippen LogP contribution in [0, 0.1) is 28.1 Å². The van der Waals surface area contributed by atoms with Gasteiger partial charge in [-0.2, -0.15) is 8.42 Å². The van der Waals surface area contributed by atoms with Crippen LogP contribution in [0.25, 0.3) is 22.3 Å². The molecule has 5 unspecified atom stereocenters. The first kappa shape index (κ1) is 43.3. The smallest absolute Gasteiger partial charge is 0.295 e. The van der Waals surface area contributed by atoms with Crippen molar-refractivity contribution in [2.45, 2.75) is 113 Å². The predicted molar refractivity (Wildman–Crippen MR) is 215 cm³/mol. The second-order valence-corrected chi connectivity index (χ2v) is 19.1. The SMILES string of the molecule is COC(OC1=CC=C(c2cc(-c3ccc(OC(OC)C(C)(C)C)cc3)cc(C3=CC=C(OC(OC)C(C)(C)C)CC3C)c2S(=O)(=O)O)C(C)C1)C(C)(C)C. The number of hydrogen-bond donors (Lipinski definition) is 1. The number of methoxy groups -OCH3 is 3. The second-order valence-electron chi connectivity index (χ2n) is 17.8. The summed E-state index contributed by atoms with van der Waals surface area (Å²) in [4.78, 5) is -0.125. The zero-order chi connectivity index (χ0) is 40.4. The first-order valence-corrected chi connectivity index (χ1v) is 20.1. The van der Waals surface area contributed by atoms with Crippen molar-refractivity contribution >= 4 is 21.3 Å². The maximum Gasteiger partial charge on any atom is 0.295 e. The molecule has 10 heteroatoms. The van der Waals surface area contributed by atoms with Crippen LogP contribution in [0.15, 0.2) is 77.1 Å². The zero-order valence-electron chi connectivity index (χ0n) is 34.7. The monoisotopic (exact) mass is 766 g/mol. The number of ether oxygens (including phenoxy) is 6. The molecule has 0 aliphatic heterocycles. The fraction of sp³-hybridized carbons (Fsp3) is 0.545. The van der Waals surface area contributed by atoms with Crippen molar-refractivity contribution in [3.8, 4) is 16.9 Å². The van der Waals surface area contributed by atoms with E-state index in [0.29, 0.717) is 29.7 Å². The average Bonchev–Trinajstić information content (AvgIpc) is 3.06. The third-order valence-electron chi connectivity index (χ3n) is 9.65. The molecule has 2 aromatic carbocycles. The Morgan fingerprint density at radius 2 is 0.963 bits per heavy atom. The molecule has 0 spiro atoms. The van der Waals surface area contributed by atoms with E-state index < -0.39 is 29.0 Å². The van der Waals surface area contributed by atoms with Gasteiger partial charge in [-0.25, -0.2) is 0 Å². The molecule has 0 saturated carbocycles. The maximum atomic E-state index is 13.6. The predicted octanol–water partition coefficient (Wildman–Crippen LogP) is 10.7. The van der Waals surface area contributed by atoms with Crippen molar-refractivity contribution in [1.82, 2.24) is 0 Å². The van der Waals surface area contributed by atoms with Crippen LogP contribution in [0.2, 0.25) is 0 Å². The normalized spacial score (nSPS) is 20.2. The molecule has 4 rings (SSSR count). The van der Waals surface area contributed by atoms with Gasteiger partial charge in [-0.1, -0.05) is 100 Å². The van der Waals surface area contributed by atoms with Crippen molar-refractivity contribution in [3.63, 3.8) is 0 Å². The molecule has 298 valence electrons. The molecule has 2 aromatic rings. The lowest BCUT2D eigenvalue weighted by atomic mass is 9.81. The maximum absolute atomic E-state index is 13.6. The van der Waals surface area contributed by atoms with Gasteiger partial charge in [0.25, 0.3) is 10.1 Å². The van der Waals surface area contributed by atoms with Gasteiger partial charge in [0, 0.05) is 61.5 Å². The summed E-state index contributed by atoms with van der Waals surface area (Å²) in [6.07, 6.45) is 7.19. The number of allylic oxidation sites excluding steroid dienone is 8. The standard InChI is InChI=1S/C44H62O9S/c1-27-23-32(52-40(49-13)43(6,7)8)19-21-34(27)36-25-30(29-15-17-31(18-16-29)51-39(48-12)42(3,4)5)26-37(38(36)54(45,46)47)35-22-20-33(24-28(35)2)53-41(50-14)44(9,10)11/h15-22,25-28,39-41H,23-24H2,1-14H3,(H,45,46,47). The molecule has 0 bridgehead atoms. The molecule has 0 fully saturated rings.